The molecule has 2 heterocycles. The van der Waals surface area contributed by atoms with Crippen LogP contribution in [0.15, 0.2) is 63.2 Å². The van der Waals surface area contributed by atoms with Crippen LogP contribution in [0, 0.1) is 5.82 Å². The molecule has 2 aromatic carbocycles. The van der Waals surface area contributed by atoms with E-state index in [-0.39, 0.29) is 5.82 Å². The number of likely N-dealkylation sites (N-methyl/N-ethyl adjacent to an activating group) is 1. The maximum atomic E-state index is 13.9. The fourth-order valence-electron chi connectivity index (χ4n) is 3.85. The molecule has 0 amide bonds. The van der Waals surface area contributed by atoms with Crippen molar-refractivity contribution in [1.82, 2.24) is 9.80 Å². The van der Waals surface area contributed by atoms with Gasteiger partial charge >= 0.3 is 11.9 Å². The number of fused-ring (bicyclic) bond motifs is 2. The molecular formula is C24H27FN2O4S2. The van der Waals surface area contributed by atoms with Crippen LogP contribution in [0.2, 0.25) is 0 Å². The number of carboxylic acids is 2. The molecule has 2 aliphatic heterocycles. The van der Waals surface area contributed by atoms with Crippen molar-refractivity contribution in [1.29, 1.82) is 0 Å². The van der Waals surface area contributed by atoms with Gasteiger partial charge in [0, 0.05) is 59.1 Å². The molecule has 0 aliphatic carbocycles. The predicted molar refractivity (Wildman–Crippen MR) is 129 cm³/mol. The summed E-state index contributed by atoms with van der Waals surface area (Å²) >= 11 is 3.57. The number of hydrogen-bond acceptors (Lipinski definition) is 6. The Hall–Kier alpha value is -2.33. The minimum atomic E-state index is -1.26. The number of carboxylic acid groups (broad SMARTS) is 2. The summed E-state index contributed by atoms with van der Waals surface area (Å²) in [5.74, 6) is -2.65. The van der Waals surface area contributed by atoms with Crippen molar-refractivity contribution >= 4 is 35.5 Å². The smallest absolute Gasteiger partial charge is 0.328 e. The van der Waals surface area contributed by atoms with Gasteiger partial charge in [0.1, 0.15) is 5.82 Å². The van der Waals surface area contributed by atoms with E-state index < -0.39 is 11.9 Å². The first-order chi connectivity index (χ1) is 15.8. The van der Waals surface area contributed by atoms with E-state index in [0.29, 0.717) is 18.2 Å². The van der Waals surface area contributed by atoms with Gasteiger partial charge < -0.3 is 15.1 Å². The zero-order valence-corrected chi connectivity index (χ0v) is 20.2. The monoisotopic (exact) mass is 490 g/mol. The van der Waals surface area contributed by atoms with E-state index >= 15 is 0 Å². The molecule has 1 atom stereocenters. The Morgan fingerprint density at radius 3 is 2.27 bits per heavy atom. The maximum Gasteiger partial charge on any atom is 0.328 e. The van der Waals surface area contributed by atoms with Gasteiger partial charge in [0.05, 0.1) is 0 Å². The first kappa shape index (κ1) is 25.3. The number of benzene rings is 2. The summed E-state index contributed by atoms with van der Waals surface area (Å²) in [6.45, 7) is 4.33. The molecule has 9 heteroatoms. The van der Waals surface area contributed by atoms with Gasteiger partial charge in [-0.3, -0.25) is 4.90 Å². The van der Waals surface area contributed by atoms with Gasteiger partial charge in [-0.2, -0.15) is 0 Å². The van der Waals surface area contributed by atoms with Crippen LogP contribution in [0.25, 0.3) is 0 Å². The number of halogens is 1. The first-order valence-electron chi connectivity index (χ1n) is 10.5. The van der Waals surface area contributed by atoms with Crippen LogP contribution >= 0.6 is 23.5 Å². The van der Waals surface area contributed by atoms with Crippen molar-refractivity contribution < 1.29 is 24.2 Å². The second-order valence-corrected chi connectivity index (χ2v) is 9.79. The SMILES string of the molecule is CSc1ccc2c(c1)C(N1CCN(C)CC1)Cc1cc(F)ccc1S2.O=C(O)/C=C\C(=O)O. The lowest BCUT2D eigenvalue weighted by atomic mass is 9.96. The summed E-state index contributed by atoms with van der Waals surface area (Å²) in [5, 5.41) is 15.6. The Bertz CT molecular complexity index is 1020. The molecule has 0 bridgehead atoms. The van der Waals surface area contributed by atoms with Gasteiger partial charge in [0.15, 0.2) is 0 Å². The van der Waals surface area contributed by atoms with E-state index in [1.165, 1.54) is 20.2 Å². The molecule has 0 aromatic heterocycles. The van der Waals surface area contributed by atoms with E-state index in [1.807, 2.05) is 6.07 Å². The summed E-state index contributed by atoms with van der Waals surface area (Å²) in [7, 11) is 2.19. The number of hydrogen-bond donors (Lipinski definition) is 2. The van der Waals surface area contributed by atoms with Crippen LogP contribution in [-0.4, -0.2) is 71.4 Å². The van der Waals surface area contributed by atoms with Crippen molar-refractivity contribution in [2.75, 3.05) is 39.5 Å². The number of piperazine rings is 1. The lowest BCUT2D eigenvalue weighted by Crippen LogP contribution is -2.46. The molecule has 176 valence electrons. The Morgan fingerprint density at radius 1 is 1.03 bits per heavy atom. The second-order valence-electron chi connectivity index (χ2n) is 7.83. The van der Waals surface area contributed by atoms with Crippen LogP contribution in [0.3, 0.4) is 0 Å². The standard InChI is InChI=1S/C20H23FN2S2.C4H4O4/c1-22-7-9-23(10-8-22)18-12-14-11-15(21)3-5-19(14)25-20-6-4-16(24-2)13-17(18)20;5-3(6)1-2-4(7)8/h3-6,11,13,18H,7-10,12H2,1-2H3;1-2H,(H,5,6)(H,7,8)/b;2-1-. The van der Waals surface area contributed by atoms with Gasteiger partial charge in [0.25, 0.3) is 0 Å². The highest BCUT2D eigenvalue weighted by Crippen LogP contribution is 2.44. The fourth-order valence-corrected chi connectivity index (χ4v) is 5.40. The quantitative estimate of drug-likeness (QED) is 0.486. The lowest BCUT2D eigenvalue weighted by Gasteiger charge is -2.38. The highest BCUT2D eigenvalue weighted by atomic mass is 32.2. The molecule has 4 rings (SSSR count). The largest absolute Gasteiger partial charge is 0.478 e. The topological polar surface area (TPSA) is 81.1 Å². The van der Waals surface area contributed by atoms with Gasteiger partial charge in [0.2, 0.25) is 0 Å². The minimum absolute atomic E-state index is 0.132. The third kappa shape index (κ3) is 7.07. The molecular weight excluding hydrogens is 463 g/mol. The van der Waals surface area contributed by atoms with Crippen molar-refractivity contribution in [3.05, 3.63) is 65.5 Å². The normalized spacial score (nSPS) is 18.6. The highest BCUT2D eigenvalue weighted by molar-refractivity contribution is 7.99. The van der Waals surface area contributed by atoms with Crippen molar-refractivity contribution in [3.8, 4) is 0 Å². The van der Waals surface area contributed by atoms with Crippen LogP contribution in [0.5, 0.6) is 0 Å². The molecule has 0 radical (unpaired) electrons. The van der Waals surface area contributed by atoms with Gasteiger partial charge in [-0.15, -0.1) is 11.8 Å². The van der Waals surface area contributed by atoms with Gasteiger partial charge in [-0.1, -0.05) is 11.8 Å². The Kier molecular flexibility index (Phi) is 8.96. The zero-order valence-electron chi connectivity index (χ0n) is 18.5. The van der Waals surface area contributed by atoms with Crippen LogP contribution in [0.1, 0.15) is 17.2 Å². The van der Waals surface area contributed by atoms with E-state index in [9.17, 15) is 14.0 Å². The molecule has 2 aromatic rings. The van der Waals surface area contributed by atoms with Crippen LogP contribution in [-0.2, 0) is 16.0 Å². The number of thioether (sulfide) groups is 1. The third-order valence-corrected chi connectivity index (χ3v) is 7.51. The van der Waals surface area contributed by atoms with Crippen molar-refractivity contribution in [3.63, 3.8) is 0 Å². The molecule has 0 spiro atoms. The van der Waals surface area contributed by atoms with Crippen LogP contribution < -0.4 is 0 Å². The molecule has 1 unspecified atom stereocenters. The summed E-state index contributed by atoms with van der Waals surface area (Å²) in [6.07, 6.45) is 4.12. The average molecular weight is 491 g/mol. The lowest BCUT2D eigenvalue weighted by molar-refractivity contribution is -0.134. The minimum Gasteiger partial charge on any atom is -0.478 e. The van der Waals surface area contributed by atoms with Crippen LogP contribution in [0.4, 0.5) is 4.39 Å². The second kappa shape index (κ2) is 11.7. The van der Waals surface area contributed by atoms with E-state index in [4.69, 9.17) is 10.2 Å². The fraction of sp³-hybridized carbons (Fsp3) is 0.333. The molecule has 2 aliphatic rings. The highest BCUT2D eigenvalue weighted by Gasteiger charge is 2.29. The van der Waals surface area contributed by atoms with Gasteiger partial charge in [-0.05, 0) is 67.2 Å². The average Bonchev–Trinajstić information content (AvgIpc) is 2.94. The van der Waals surface area contributed by atoms with E-state index in [0.717, 1.165) is 38.2 Å². The summed E-state index contributed by atoms with van der Waals surface area (Å²) in [4.78, 5) is 27.9. The zero-order chi connectivity index (χ0) is 24.0. The van der Waals surface area contributed by atoms with E-state index in [1.54, 1.807) is 35.7 Å². The number of nitrogens with zero attached hydrogens (tertiary/aromatic N) is 2. The molecule has 1 saturated heterocycles. The summed E-state index contributed by atoms with van der Waals surface area (Å²) in [5.41, 5.74) is 2.54. The third-order valence-electron chi connectivity index (χ3n) is 5.58. The molecule has 0 saturated carbocycles. The molecule has 33 heavy (non-hydrogen) atoms. The Balaban J connectivity index is 0.000000331. The summed E-state index contributed by atoms with van der Waals surface area (Å²) < 4.78 is 13.9. The summed E-state index contributed by atoms with van der Waals surface area (Å²) in [6, 6.07) is 12.4. The van der Waals surface area contributed by atoms with Crippen molar-refractivity contribution in [2.24, 2.45) is 0 Å². The Labute approximate surface area is 201 Å². The maximum absolute atomic E-state index is 13.9. The Morgan fingerprint density at radius 2 is 1.67 bits per heavy atom. The van der Waals surface area contributed by atoms with Gasteiger partial charge in [-0.25, -0.2) is 14.0 Å². The molecule has 6 nitrogen and oxygen atoms in total. The van der Waals surface area contributed by atoms with Crippen molar-refractivity contribution in [2.45, 2.75) is 27.1 Å². The number of rotatable bonds is 4. The van der Waals surface area contributed by atoms with E-state index in [2.05, 4.69) is 41.3 Å². The first-order valence-corrected chi connectivity index (χ1v) is 12.5. The number of carbonyl (C=O) groups is 2. The molecule has 1 fully saturated rings. The predicted octanol–water partition coefficient (Wildman–Crippen LogP) is 4.26. The number of aliphatic carboxylic acids is 2. The molecule has 2 N–H and O–H groups in total.